The highest BCUT2D eigenvalue weighted by Gasteiger charge is 2.34. The van der Waals surface area contributed by atoms with E-state index < -0.39 is 23.7 Å². The number of aliphatic carboxylic acids is 1. The minimum atomic E-state index is -0.957. The largest absolute Gasteiger partial charge is 0.481 e. The zero-order valence-corrected chi connectivity index (χ0v) is 10.6. The minimum Gasteiger partial charge on any atom is -0.481 e. The number of carbonyl (C=O) groups excluding carboxylic acids is 1. The van der Waals surface area contributed by atoms with Crippen LogP contribution in [-0.4, -0.2) is 23.0 Å². The number of amides is 1. The summed E-state index contributed by atoms with van der Waals surface area (Å²) in [7, 11) is 0. The molecule has 102 valence electrons. The highest BCUT2D eigenvalue weighted by atomic mass is 19.1. The van der Waals surface area contributed by atoms with Crippen LogP contribution < -0.4 is 5.32 Å². The minimum absolute atomic E-state index is 0.0314. The maximum Gasteiger partial charge on any atom is 0.305 e. The van der Waals surface area contributed by atoms with Gasteiger partial charge in [0.05, 0.1) is 12.0 Å². The van der Waals surface area contributed by atoms with Crippen LogP contribution in [0, 0.1) is 18.7 Å². The van der Waals surface area contributed by atoms with Crippen LogP contribution in [0.1, 0.15) is 35.2 Å². The molecule has 1 fully saturated rings. The van der Waals surface area contributed by atoms with Crippen molar-refractivity contribution in [3.8, 4) is 0 Å². The van der Waals surface area contributed by atoms with E-state index in [1.807, 2.05) is 0 Å². The Morgan fingerprint density at radius 2 is 2.16 bits per heavy atom. The molecule has 2 N–H and O–H groups in total. The van der Waals surface area contributed by atoms with Crippen molar-refractivity contribution in [2.24, 2.45) is 5.92 Å². The molecule has 0 aromatic heterocycles. The lowest BCUT2D eigenvalue weighted by molar-refractivity contribution is -0.137. The average molecular weight is 265 g/mol. The Morgan fingerprint density at radius 3 is 2.74 bits per heavy atom. The maximum absolute atomic E-state index is 13.6. The molecule has 0 heterocycles. The molecule has 1 unspecified atom stereocenters. The fourth-order valence-corrected chi connectivity index (χ4v) is 2.08. The predicted octanol–water partition coefficient (Wildman–Crippen LogP) is 2.12. The Bertz CT molecular complexity index is 511. The third-order valence-corrected chi connectivity index (χ3v) is 3.27. The Morgan fingerprint density at radius 1 is 1.47 bits per heavy atom. The summed E-state index contributed by atoms with van der Waals surface area (Å²) < 4.78 is 13.6. The van der Waals surface area contributed by atoms with Gasteiger partial charge in [0.25, 0.3) is 5.91 Å². The Labute approximate surface area is 110 Å². The van der Waals surface area contributed by atoms with Crippen molar-refractivity contribution in [1.29, 1.82) is 0 Å². The van der Waals surface area contributed by atoms with Crippen LogP contribution in [-0.2, 0) is 4.79 Å². The summed E-state index contributed by atoms with van der Waals surface area (Å²) in [5, 5.41) is 11.5. The van der Waals surface area contributed by atoms with Crippen LogP contribution in [0.5, 0.6) is 0 Å². The molecule has 0 spiro atoms. The lowest BCUT2D eigenvalue weighted by Crippen LogP contribution is -2.38. The number of carboxylic acids is 1. The molecule has 1 aromatic carbocycles. The number of nitrogens with one attached hydrogen (secondary N) is 1. The van der Waals surface area contributed by atoms with E-state index >= 15 is 0 Å². The first-order valence-corrected chi connectivity index (χ1v) is 6.26. The van der Waals surface area contributed by atoms with E-state index in [0.717, 1.165) is 18.4 Å². The Hall–Kier alpha value is -1.91. The van der Waals surface area contributed by atoms with Gasteiger partial charge < -0.3 is 10.4 Å². The van der Waals surface area contributed by atoms with Crippen LogP contribution in [0.2, 0.25) is 0 Å². The molecule has 0 bridgehead atoms. The van der Waals surface area contributed by atoms with Crippen molar-refractivity contribution >= 4 is 11.9 Å². The zero-order chi connectivity index (χ0) is 14.0. The Kier molecular flexibility index (Phi) is 3.83. The van der Waals surface area contributed by atoms with Gasteiger partial charge >= 0.3 is 5.97 Å². The van der Waals surface area contributed by atoms with Gasteiger partial charge in [-0.3, -0.25) is 9.59 Å². The summed E-state index contributed by atoms with van der Waals surface area (Å²) in [6, 6.07) is 3.88. The molecule has 5 heteroatoms. The molecule has 2 rings (SSSR count). The smallest absolute Gasteiger partial charge is 0.305 e. The summed E-state index contributed by atoms with van der Waals surface area (Å²) in [6.07, 6.45) is 1.70. The van der Waals surface area contributed by atoms with E-state index in [1.165, 1.54) is 12.1 Å². The first-order chi connectivity index (χ1) is 8.97. The second-order valence-corrected chi connectivity index (χ2v) is 5.00. The molecule has 0 saturated heterocycles. The molecule has 19 heavy (non-hydrogen) atoms. The highest BCUT2D eigenvalue weighted by molar-refractivity contribution is 5.95. The van der Waals surface area contributed by atoms with Crippen molar-refractivity contribution in [1.82, 2.24) is 5.32 Å². The fourth-order valence-electron chi connectivity index (χ4n) is 2.08. The third-order valence-electron chi connectivity index (χ3n) is 3.27. The Balaban J connectivity index is 2.10. The number of benzene rings is 1. The van der Waals surface area contributed by atoms with Crippen molar-refractivity contribution in [3.63, 3.8) is 0 Å². The molecule has 0 aliphatic heterocycles. The summed E-state index contributed by atoms with van der Waals surface area (Å²) in [4.78, 5) is 22.8. The second-order valence-electron chi connectivity index (χ2n) is 5.00. The van der Waals surface area contributed by atoms with Gasteiger partial charge in [-0.15, -0.1) is 0 Å². The van der Waals surface area contributed by atoms with Crippen LogP contribution in [0.3, 0.4) is 0 Å². The van der Waals surface area contributed by atoms with Crippen molar-refractivity contribution in [2.75, 3.05) is 0 Å². The van der Waals surface area contributed by atoms with Crippen LogP contribution >= 0.6 is 0 Å². The number of aryl methyl sites for hydroxylation is 1. The van der Waals surface area contributed by atoms with Crippen molar-refractivity contribution in [3.05, 3.63) is 35.1 Å². The van der Waals surface area contributed by atoms with Crippen molar-refractivity contribution in [2.45, 2.75) is 32.2 Å². The SMILES string of the molecule is Cc1ccc(F)c(C(=O)NC(CC(=O)O)C2CC2)c1. The van der Waals surface area contributed by atoms with Crippen molar-refractivity contribution < 1.29 is 19.1 Å². The molecule has 0 radical (unpaired) electrons. The molecule has 1 saturated carbocycles. The normalized spacial score (nSPS) is 15.9. The summed E-state index contributed by atoms with van der Waals surface area (Å²) in [5.74, 6) is -1.89. The number of carbonyl (C=O) groups is 2. The number of hydrogen-bond acceptors (Lipinski definition) is 2. The zero-order valence-electron chi connectivity index (χ0n) is 10.6. The van der Waals surface area contributed by atoms with Gasteiger partial charge in [0, 0.05) is 6.04 Å². The van der Waals surface area contributed by atoms with Gasteiger partial charge in [0.2, 0.25) is 0 Å². The fraction of sp³-hybridized carbons (Fsp3) is 0.429. The van der Waals surface area contributed by atoms with Gasteiger partial charge in [0.15, 0.2) is 0 Å². The lowest BCUT2D eigenvalue weighted by Gasteiger charge is -2.16. The summed E-state index contributed by atoms with van der Waals surface area (Å²) in [6.45, 7) is 1.77. The van der Waals surface area contributed by atoms with E-state index in [9.17, 15) is 14.0 Å². The molecule has 1 aliphatic carbocycles. The monoisotopic (exact) mass is 265 g/mol. The first kappa shape index (κ1) is 13.5. The van der Waals surface area contributed by atoms with E-state index in [4.69, 9.17) is 5.11 Å². The molecule has 1 atom stereocenters. The van der Waals surface area contributed by atoms with Gasteiger partial charge in [0.1, 0.15) is 5.82 Å². The lowest BCUT2D eigenvalue weighted by atomic mass is 10.1. The maximum atomic E-state index is 13.6. The molecular formula is C14H16FNO3. The highest BCUT2D eigenvalue weighted by Crippen LogP contribution is 2.34. The summed E-state index contributed by atoms with van der Waals surface area (Å²) in [5.41, 5.74) is 0.754. The quantitative estimate of drug-likeness (QED) is 0.857. The number of hydrogen-bond donors (Lipinski definition) is 2. The second kappa shape index (κ2) is 5.38. The number of rotatable bonds is 5. The number of halogens is 1. The molecule has 1 amide bonds. The molecule has 1 aromatic rings. The van der Waals surface area contributed by atoms with E-state index in [-0.39, 0.29) is 17.9 Å². The van der Waals surface area contributed by atoms with Gasteiger partial charge in [-0.1, -0.05) is 11.6 Å². The van der Waals surface area contributed by atoms with Crippen LogP contribution in [0.25, 0.3) is 0 Å². The first-order valence-electron chi connectivity index (χ1n) is 6.26. The third kappa shape index (κ3) is 3.53. The molecular weight excluding hydrogens is 249 g/mol. The van der Waals surface area contributed by atoms with Crippen LogP contribution in [0.15, 0.2) is 18.2 Å². The number of carboxylic acid groups (broad SMARTS) is 1. The van der Waals surface area contributed by atoms with Gasteiger partial charge in [-0.25, -0.2) is 4.39 Å². The molecule has 1 aliphatic rings. The topological polar surface area (TPSA) is 66.4 Å². The molecule has 4 nitrogen and oxygen atoms in total. The predicted molar refractivity (Wildman–Crippen MR) is 67.4 cm³/mol. The van der Waals surface area contributed by atoms with Crippen LogP contribution in [0.4, 0.5) is 4.39 Å². The van der Waals surface area contributed by atoms with Gasteiger partial charge in [-0.05, 0) is 37.8 Å². The van der Waals surface area contributed by atoms with E-state index in [1.54, 1.807) is 13.0 Å². The standard InChI is InChI=1S/C14H16FNO3/c1-8-2-5-11(15)10(6-8)14(19)16-12(7-13(17)18)9-3-4-9/h2,5-6,9,12H,3-4,7H2,1H3,(H,16,19)(H,17,18). The average Bonchev–Trinajstić information content (AvgIpc) is 3.14. The summed E-state index contributed by atoms with van der Waals surface area (Å²) >= 11 is 0. The van der Waals surface area contributed by atoms with Gasteiger partial charge in [-0.2, -0.15) is 0 Å². The van der Waals surface area contributed by atoms with E-state index in [0.29, 0.717) is 0 Å². The van der Waals surface area contributed by atoms with E-state index in [2.05, 4.69) is 5.32 Å².